The van der Waals surface area contributed by atoms with Crippen LogP contribution < -0.4 is 15.8 Å². The van der Waals surface area contributed by atoms with Gasteiger partial charge < -0.3 is 20.7 Å². The molecule has 3 rings (SSSR count). The molecular formula is C29H39N3O4. The zero-order valence-corrected chi connectivity index (χ0v) is 21.7. The highest BCUT2D eigenvalue weighted by atomic mass is 16.5. The smallest absolute Gasteiger partial charge is 0.245 e. The number of ether oxygens (including phenoxy) is 1. The lowest BCUT2D eigenvalue weighted by Crippen LogP contribution is -2.55. The van der Waals surface area contributed by atoms with E-state index in [0.717, 1.165) is 23.3 Å². The average Bonchev–Trinajstić information content (AvgIpc) is 2.88. The van der Waals surface area contributed by atoms with Crippen molar-refractivity contribution in [3.05, 3.63) is 65.7 Å². The molecule has 2 atom stereocenters. The van der Waals surface area contributed by atoms with Crippen LogP contribution in [0.2, 0.25) is 0 Å². The van der Waals surface area contributed by atoms with Crippen molar-refractivity contribution in [2.24, 2.45) is 5.73 Å². The highest BCUT2D eigenvalue weighted by molar-refractivity contribution is 5.91. The van der Waals surface area contributed by atoms with E-state index in [1.54, 1.807) is 18.9 Å². The molecule has 2 aromatic rings. The summed E-state index contributed by atoms with van der Waals surface area (Å²) in [5.41, 5.74) is 7.18. The monoisotopic (exact) mass is 493 g/mol. The predicted octanol–water partition coefficient (Wildman–Crippen LogP) is 3.39. The maximum atomic E-state index is 13.7. The molecule has 0 bridgehead atoms. The van der Waals surface area contributed by atoms with Gasteiger partial charge in [0.05, 0.1) is 12.5 Å². The minimum Gasteiger partial charge on any atom is -0.497 e. The van der Waals surface area contributed by atoms with E-state index in [1.165, 1.54) is 0 Å². The Bertz CT molecular complexity index is 1010. The number of benzene rings is 2. The second kappa shape index (κ2) is 12.7. The second-order valence-electron chi connectivity index (χ2n) is 9.80. The Labute approximate surface area is 214 Å². The van der Waals surface area contributed by atoms with E-state index >= 15 is 0 Å². The zero-order chi connectivity index (χ0) is 26.1. The molecule has 1 fully saturated rings. The number of nitrogens with two attached hydrogens (primary N) is 1. The highest BCUT2D eigenvalue weighted by Gasteiger charge is 2.43. The van der Waals surface area contributed by atoms with Crippen LogP contribution in [0, 0.1) is 0 Å². The number of ketones is 1. The topological polar surface area (TPSA) is 102 Å². The Balaban J connectivity index is 1.78. The molecule has 1 aliphatic rings. The molecule has 0 radical (unpaired) electrons. The van der Waals surface area contributed by atoms with Crippen molar-refractivity contribution in [3.8, 4) is 5.75 Å². The van der Waals surface area contributed by atoms with Crippen LogP contribution >= 0.6 is 0 Å². The maximum absolute atomic E-state index is 13.7. The van der Waals surface area contributed by atoms with Gasteiger partial charge in [-0.3, -0.25) is 14.4 Å². The Hall–Kier alpha value is -3.19. The SMILES string of the molecule is CCCC(=O)C1(c2ccccc2)CCN(C(=O)[C@H](Cc2ccc(OC)cc2)NC(=O)C[C@H](C)N)CC1. The largest absolute Gasteiger partial charge is 0.497 e. The summed E-state index contributed by atoms with van der Waals surface area (Å²) in [5, 5.41) is 2.91. The summed E-state index contributed by atoms with van der Waals surface area (Å²) < 4.78 is 5.23. The third-order valence-electron chi connectivity index (χ3n) is 7.01. The van der Waals surface area contributed by atoms with Gasteiger partial charge in [0.2, 0.25) is 11.8 Å². The highest BCUT2D eigenvalue weighted by Crippen LogP contribution is 2.38. The zero-order valence-electron chi connectivity index (χ0n) is 21.7. The fourth-order valence-electron chi connectivity index (χ4n) is 5.02. The molecule has 7 nitrogen and oxygen atoms in total. The van der Waals surface area contributed by atoms with E-state index in [1.807, 2.05) is 61.5 Å². The predicted molar refractivity (Wildman–Crippen MR) is 141 cm³/mol. The van der Waals surface area contributed by atoms with Crippen LogP contribution in [0.4, 0.5) is 0 Å². The molecule has 0 spiro atoms. The number of rotatable bonds is 11. The van der Waals surface area contributed by atoms with Gasteiger partial charge >= 0.3 is 0 Å². The van der Waals surface area contributed by atoms with Crippen molar-refractivity contribution < 1.29 is 19.1 Å². The van der Waals surface area contributed by atoms with E-state index in [2.05, 4.69) is 5.32 Å². The van der Waals surface area contributed by atoms with E-state index in [9.17, 15) is 14.4 Å². The Morgan fingerprint density at radius 3 is 2.25 bits per heavy atom. The fraction of sp³-hybridized carbons (Fsp3) is 0.483. The number of hydrogen-bond acceptors (Lipinski definition) is 5. The molecule has 0 aromatic heterocycles. The minimum atomic E-state index is -0.708. The van der Waals surface area contributed by atoms with Gasteiger partial charge in [-0.15, -0.1) is 0 Å². The summed E-state index contributed by atoms with van der Waals surface area (Å²) in [4.78, 5) is 41.3. The van der Waals surface area contributed by atoms with Gasteiger partial charge in [0.1, 0.15) is 17.6 Å². The first-order valence-electron chi connectivity index (χ1n) is 12.8. The van der Waals surface area contributed by atoms with Gasteiger partial charge in [-0.05, 0) is 49.4 Å². The Kier molecular flexibility index (Phi) is 9.65. The van der Waals surface area contributed by atoms with Crippen molar-refractivity contribution in [2.45, 2.75) is 69.9 Å². The molecule has 7 heteroatoms. The molecule has 0 unspecified atom stereocenters. The first kappa shape index (κ1) is 27.4. The van der Waals surface area contributed by atoms with E-state index < -0.39 is 11.5 Å². The number of methoxy groups -OCH3 is 1. The quantitative estimate of drug-likeness (QED) is 0.500. The summed E-state index contributed by atoms with van der Waals surface area (Å²) in [5.74, 6) is 0.593. The molecule has 3 N–H and O–H groups in total. The van der Waals surface area contributed by atoms with Crippen LogP contribution in [0.5, 0.6) is 5.75 Å². The van der Waals surface area contributed by atoms with Crippen molar-refractivity contribution in [2.75, 3.05) is 20.2 Å². The van der Waals surface area contributed by atoms with Crippen molar-refractivity contribution in [1.82, 2.24) is 10.2 Å². The van der Waals surface area contributed by atoms with Gasteiger partial charge in [0.15, 0.2) is 0 Å². The molecule has 0 saturated carbocycles. The molecular weight excluding hydrogens is 454 g/mol. The first-order chi connectivity index (χ1) is 17.3. The Morgan fingerprint density at radius 1 is 1.06 bits per heavy atom. The Morgan fingerprint density at radius 2 is 1.69 bits per heavy atom. The fourth-order valence-corrected chi connectivity index (χ4v) is 5.02. The lowest BCUT2D eigenvalue weighted by molar-refractivity contribution is -0.139. The third-order valence-corrected chi connectivity index (χ3v) is 7.01. The molecule has 1 saturated heterocycles. The van der Waals surface area contributed by atoms with Crippen LogP contribution in [0.1, 0.15) is 57.1 Å². The van der Waals surface area contributed by atoms with Gasteiger partial charge in [-0.2, -0.15) is 0 Å². The van der Waals surface area contributed by atoms with Crippen LogP contribution in [-0.2, 0) is 26.2 Å². The van der Waals surface area contributed by atoms with Gasteiger partial charge in [-0.25, -0.2) is 0 Å². The number of carbonyl (C=O) groups is 3. The number of hydrogen-bond donors (Lipinski definition) is 2. The number of carbonyl (C=O) groups excluding carboxylic acids is 3. The number of nitrogens with one attached hydrogen (secondary N) is 1. The van der Waals surface area contributed by atoms with Crippen LogP contribution in [0.25, 0.3) is 0 Å². The van der Waals surface area contributed by atoms with Crippen molar-refractivity contribution >= 4 is 17.6 Å². The van der Waals surface area contributed by atoms with Crippen LogP contribution in [0.15, 0.2) is 54.6 Å². The molecule has 36 heavy (non-hydrogen) atoms. The van der Waals surface area contributed by atoms with Crippen LogP contribution in [0.3, 0.4) is 0 Å². The molecule has 194 valence electrons. The van der Waals surface area contributed by atoms with E-state index in [0.29, 0.717) is 38.8 Å². The van der Waals surface area contributed by atoms with Crippen molar-refractivity contribution in [1.29, 1.82) is 0 Å². The summed E-state index contributed by atoms with van der Waals surface area (Å²) in [6.45, 7) is 4.71. The number of likely N-dealkylation sites (tertiary alicyclic amines) is 1. The standard InChI is InChI=1S/C29H39N3O4/c1-4-8-26(33)29(23-9-6-5-7-10-23)15-17-32(18-16-29)28(35)25(31-27(34)19-21(2)30)20-22-11-13-24(36-3)14-12-22/h5-7,9-14,21,25H,4,8,15-20,30H2,1-3H3,(H,31,34)/t21-,25-/m0/s1. The first-order valence-corrected chi connectivity index (χ1v) is 12.8. The maximum Gasteiger partial charge on any atom is 0.245 e. The minimum absolute atomic E-state index is 0.131. The molecule has 2 amide bonds. The molecule has 1 heterocycles. The number of amides is 2. The van der Waals surface area contributed by atoms with E-state index in [4.69, 9.17) is 10.5 Å². The number of nitrogens with zero attached hydrogens (tertiary/aromatic N) is 1. The second-order valence-corrected chi connectivity index (χ2v) is 9.80. The summed E-state index contributed by atoms with van der Waals surface area (Å²) in [6.07, 6.45) is 2.98. The van der Waals surface area contributed by atoms with Crippen molar-refractivity contribution in [3.63, 3.8) is 0 Å². The van der Waals surface area contributed by atoms with E-state index in [-0.39, 0.29) is 30.1 Å². The number of Topliss-reactive ketones (excluding diaryl/α,β-unsaturated/α-hetero) is 1. The van der Waals surface area contributed by atoms with Crippen LogP contribution in [-0.4, -0.2) is 54.8 Å². The number of piperidine rings is 1. The lowest BCUT2D eigenvalue weighted by Gasteiger charge is -2.42. The molecule has 1 aliphatic heterocycles. The lowest BCUT2D eigenvalue weighted by atomic mass is 9.68. The van der Waals surface area contributed by atoms with Gasteiger partial charge in [0.25, 0.3) is 0 Å². The summed E-state index contributed by atoms with van der Waals surface area (Å²) >= 11 is 0. The third kappa shape index (κ3) is 6.72. The summed E-state index contributed by atoms with van der Waals surface area (Å²) in [7, 11) is 1.60. The normalized spacial score (nSPS) is 16.6. The van der Waals surface area contributed by atoms with Gasteiger partial charge in [0, 0.05) is 38.4 Å². The molecule has 2 aromatic carbocycles. The average molecular weight is 494 g/mol. The molecule has 0 aliphatic carbocycles. The summed E-state index contributed by atoms with van der Waals surface area (Å²) in [6, 6.07) is 16.4. The van der Waals surface area contributed by atoms with Gasteiger partial charge in [-0.1, -0.05) is 49.4 Å².